The minimum Gasteiger partial charge on any atom is -0.481 e. The standard InChI is InChI=1S/C11H20N2O4/c1-8-6-12-9(5-10(14)15)11(16)13(7-8)3-4-17-2/h8-9,12H,3-7H2,1-2H3,(H,14,15). The maximum atomic E-state index is 12.1. The lowest BCUT2D eigenvalue weighted by Gasteiger charge is -2.24. The molecule has 0 aromatic carbocycles. The fraction of sp³-hybridized carbons (Fsp3) is 0.818. The average molecular weight is 244 g/mol. The van der Waals surface area contributed by atoms with E-state index in [9.17, 15) is 9.59 Å². The maximum absolute atomic E-state index is 12.1. The fourth-order valence-electron chi connectivity index (χ4n) is 1.92. The van der Waals surface area contributed by atoms with Gasteiger partial charge >= 0.3 is 5.97 Å². The van der Waals surface area contributed by atoms with Crippen molar-refractivity contribution in [2.45, 2.75) is 19.4 Å². The van der Waals surface area contributed by atoms with Gasteiger partial charge in [-0.05, 0) is 5.92 Å². The van der Waals surface area contributed by atoms with Crippen LogP contribution in [0, 0.1) is 5.92 Å². The Morgan fingerprint density at radius 3 is 2.94 bits per heavy atom. The maximum Gasteiger partial charge on any atom is 0.305 e. The molecular formula is C11H20N2O4. The van der Waals surface area contributed by atoms with Crippen molar-refractivity contribution >= 4 is 11.9 Å². The largest absolute Gasteiger partial charge is 0.481 e. The Morgan fingerprint density at radius 2 is 2.35 bits per heavy atom. The van der Waals surface area contributed by atoms with Crippen LogP contribution in [0.25, 0.3) is 0 Å². The monoisotopic (exact) mass is 244 g/mol. The zero-order valence-electron chi connectivity index (χ0n) is 10.3. The normalized spacial score (nSPS) is 25.8. The Hall–Kier alpha value is -1.14. The number of amides is 1. The predicted octanol–water partition coefficient (Wildman–Crippen LogP) is -0.456. The molecule has 0 radical (unpaired) electrons. The Labute approximate surface area is 101 Å². The Bertz CT molecular complexity index is 283. The van der Waals surface area contributed by atoms with E-state index in [2.05, 4.69) is 5.32 Å². The van der Waals surface area contributed by atoms with Crippen molar-refractivity contribution in [3.63, 3.8) is 0 Å². The van der Waals surface area contributed by atoms with Gasteiger partial charge < -0.3 is 20.1 Å². The lowest BCUT2D eigenvalue weighted by atomic mass is 10.2. The molecule has 98 valence electrons. The number of carbonyl (C=O) groups excluding carboxylic acids is 1. The van der Waals surface area contributed by atoms with Gasteiger partial charge in [-0.3, -0.25) is 9.59 Å². The highest BCUT2D eigenvalue weighted by Gasteiger charge is 2.30. The summed E-state index contributed by atoms with van der Waals surface area (Å²) in [5.41, 5.74) is 0. The summed E-state index contributed by atoms with van der Waals surface area (Å²) in [5.74, 6) is -0.791. The van der Waals surface area contributed by atoms with Crippen molar-refractivity contribution in [3.05, 3.63) is 0 Å². The number of nitrogens with zero attached hydrogens (tertiary/aromatic N) is 1. The van der Waals surface area contributed by atoms with E-state index < -0.39 is 12.0 Å². The molecule has 2 unspecified atom stereocenters. The molecule has 1 saturated heterocycles. The number of carbonyl (C=O) groups is 2. The number of carboxylic acids is 1. The third kappa shape index (κ3) is 4.32. The summed E-state index contributed by atoms with van der Waals surface area (Å²) in [5, 5.41) is 11.8. The Morgan fingerprint density at radius 1 is 1.65 bits per heavy atom. The van der Waals surface area contributed by atoms with E-state index in [1.165, 1.54) is 0 Å². The molecule has 6 heteroatoms. The molecule has 0 spiro atoms. The molecule has 2 N–H and O–H groups in total. The summed E-state index contributed by atoms with van der Waals surface area (Å²) in [6.07, 6.45) is -0.172. The van der Waals surface area contributed by atoms with E-state index in [1.54, 1.807) is 12.0 Å². The van der Waals surface area contributed by atoms with Gasteiger partial charge in [-0.2, -0.15) is 0 Å². The summed E-state index contributed by atoms with van der Waals surface area (Å²) in [6.45, 7) is 4.32. The summed E-state index contributed by atoms with van der Waals surface area (Å²) >= 11 is 0. The molecule has 1 aliphatic rings. The molecule has 17 heavy (non-hydrogen) atoms. The highest BCUT2D eigenvalue weighted by molar-refractivity contribution is 5.86. The first-order valence-corrected chi connectivity index (χ1v) is 5.77. The van der Waals surface area contributed by atoms with Crippen LogP contribution in [0.4, 0.5) is 0 Å². The molecule has 6 nitrogen and oxygen atoms in total. The average Bonchev–Trinajstić information content (AvgIpc) is 2.39. The molecule has 1 aliphatic heterocycles. The van der Waals surface area contributed by atoms with Crippen LogP contribution in [-0.4, -0.2) is 61.3 Å². The topological polar surface area (TPSA) is 78.9 Å². The molecule has 0 aromatic heterocycles. The summed E-state index contributed by atoms with van der Waals surface area (Å²) in [7, 11) is 1.58. The lowest BCUT2D eigenvalue weighted by Crippen LogP contribution is -2.45. The van der Waals surface area contributed by atoms with E-state index in [1.807, 2.05) is 6.92 Å². The molecule has 2 atom stereocenters. The van der Waals surface area contributed by atoms with Gasteiger partial charge in [-0.15, -0.1) is 0 Å². The molecule has 0 aromatic rings. The highest BCUT2D eigenvalue weighted by Crippen LogP contribution is 2.09. The predicted molar refractivity (Wildman–Crippen MR) is 61.7 cm³/mol. The molecule has 0 aliphatic carbocycles. The van der Waals surface area contributed by atoms with Crippen LogP contribution in [0.15, 0.2) is 0 Å². The van der Waals surface area contributed by atoms with Crippen molar-refractivity contribution in [1.82, 2.24) is 10.2 Å². The summed E-state index contributed by atoms with van der Waals surface area (Å²) < 4.78 is 4.95. The smallest absolute Gasteiger partial charge is 0.305 e. The van der Waals surface area contributed by atoms with Gasteiger partial charge in [0.15, 0.2) is 0 Å². The van der Waals surface area contributed by atoms with Crippen LogP contribution in [0.2, 0.25) is 0 Å². The van der Waals surface area contributed by atoms with Crippen molar-refractivity contribution < 1.29 is 19.4 Å². The number of nitrogens with one attached hydrogen (secondary N) is 1. The van der Waals surface area contributed by atoms with Crippen LogP contribution in [0.3, 0.4) is 0 Å². The van der Waals surface area contributed by atoms with E-state index in [4.69, 9.17) is 9.84 Å². The van der Waals surface area contributed by atoms with Crippen LogP contribution in [0.5, 0.6) is 0 Å². The van der Waals surface area contributed by atoms with Crippen molar-refractivity contribution in [3.8, 4) is 0 Å². The van der Waals surface area contributed by atoms with Gasteiger partial charge in [-0.1, -0.05) is 6.92 Å². The first-order valence-electron chi connectivity index (χ1n) is 5.77. The third-order valence-corrected chi connectivity index (χ3v) is 2.80. The van der Waals surface area contributed by atoms with Crippen LogP contribution in [0.1, 0.15) is 13.3 Å². The van der Waals surface area contributed by atoms with E-state index >= 15 is 0 Å². The van der Waals surface area contributed by atoms with Crippen molar-refractivity contribution in [2.75, 3.05) is 33.4 Å². The minimum atomic E-state index is -0.961. The Kier molecular flexibility index (Phi) is 5.37. The lowest BCUT2D eigenvalue weighted by molar-refractivity contribution is -0.142. The summed E-state index contributed by atoms with van der Waals surface area (Å²) in [6, 6.07) is -0.616. The van der Waals surface area contributed by atoms with Gasteiger partial charge in [-0.25, -0.2) is 0 Å². The van der Waals surface area contributed by atoms with Gasteiger partial charge in [0.2, 0.25) is 5.91 Å². The number of carboxylic acid groups (broad SMARTS) is 1. The molecule has 1 fully saturated rings. The van der Waals surface area contributed by atoms with Crippen LogP contribution >= 0.6 is 0 Å². The molecule has 0 bridgehead atoms. The fourth-order valence-corrected chi connectivity index (χ4v) is 1.92. The molecule has 0 saturated carbocycles. The second-order valence-electron chi connectivity index (χ2n) is 4.44. The minimum absolute atomic E-state index is 0.145. The number of aliphatic carboxylic acids is 1. The SMILES string of the molecule is COCCN1CC(C)CNC(CC(=O)O)C1=O. The molecular weight excluding hydrogens is 224 g/mol. The number of hydrogen-bond donors (Lipinski definition) is 2. The first kappa shape index (κ1) is 13.9. The number of methoxy groups -OCH3 is 1. The number of hydrogen-bond acceptors (Lipinski definition) is 4. The third-order valence-electron chi connectivity index (χ3n) is 2.80. The van der Waals surface area contributed by atoms with E-state index in [-0.39, 0.29) is 12.3 Å². The molecule has 1 amide bonds. The Balaban J connectivity index is 2.66. The van der Waals surface area contributed by atoms with Gasteiger partial charge in [0.05, 0.1) is 19.1 Å². The van der Waals surface area contributed by atoms with Gasteiger partial charge in [0, 0.05) is 26.7 Å². The van der Waals surface area contributed by atoms with Gasteiger partial charge in [0.1, 0.15) is 0 Å². The second kappa shape index (κ2) is 6.56. The van der Waals surface area contributed by atoms with Crippen LogP contribution < -0.4 is 5.32 Å². The second-order valence-corrected chi connectivity index (χ2v) is 4.44. The van der Waals surface area contributed by atoms with Crippen molar-refractivity contribution in [1.29, 1.82) is 0 Å². The zero-order valence-corrected chi connectivity index (χ0v) is 10.3. The zero-order chi connectivity index (χ0) is 12.8. The number of rotatable bonds is 5. The number of ether oxygens (including phenoxy) is 1. The first-order chi connectivity index (χ1) is 8.04. The van der Waals surface area contributed by atoms with E-state index in [0.29, 0.717) is 32.2 Å². The summed E-state index contributed by atoms with van der Waals surface area (Å²) in [4.78, 5) is 24.5. The van der Waals surface area contributed by atoms with Crippen LogP contribution in [-0.2, 0) is 14.3 Å². The molecule has 1 heterocycles. The quantitative estimate of drug-likeness (QED) is 0.684. The van der Waals surface area contributed by atoms with E-state index in [0.717, 1.165) is 0 Å². The highest BCUT2D eigenvalue weighted by atomic mass is 16.5. The van der Waals surface area contributed by atoms with Crippen molar-refractivity contribution in [2.24, 2.45) is 5.92 Å². The molecule has 1 rings (SSSR count). The van der Waals surface area contributed by atoms with Gasteiger partial charge in [0.25, 0.3) is 0 Å².